The lowest BCUT2D eigenvalue weighted by molar-refractivity contribution is -0.392. The average Bonchev–Trinajstić information content (AvgIpc) is 2.83. The summed E-state index contributed by atoms with van der Waals surface area (Å²) in [6.07, 6.45) is 1.43. The SMILES string of the molecule is CCCCOC(=O)c1cc([N+](=O)[O-])c(N2CCN(c3ccccc3OC)CC2)c([N+](=O)[O-])c1. The van der Waals surface area contributed by atoms with E-state index in [2.05, 4.69) is 4.90 Å². The Balaban J connectivity index is 1.90. The van der Waals surface area contributed by atoms with Crippen molar-refractivity contribution in [2.24, 2.45) is 0 Å². The van der Waals surface area contributed by atoms with Crippen molar-refractivity contribution in [3.05, 3.63) is 62.2 Å². The summed E-state index contributed by atoms with van der Waals surface area (Å²) in [6.45, 7) is 3.67. The number of piperazine rings is 1. The van der Waals surface area contributed by atoms with E-state index in [9.17, 15) is 25.0 Å². The lowest BCUT2D eigenvalue weighted by Crippen LogP contribution is -2.47. The summed E-state index contributed by atoms with van der Waals surface area (Å²) in [5.74, 6) is -0.115. The molecule has 0 atom stereocenters. The topological polar surface area (TPSA) is 128 Å². The predicted octanol–water partition coefficient (Wildman–Crippen LogP) is 3.80. The highest BCUT2D eigenvalue weighted by atomic mass is 16.6. The first-order valence-electron chi connectivity index (χ1n) is 10.6. The first-order valence-corrected chi connectivity index (χ1v) is 10.6. The van der Waals surface area contributed by atoms with E-state index in [4.69, 9.17) is 9.47 Å². The third-order valence-corrected chi connectivity index (χ3v) is 5.45. The summed E-state index contributed by atoms with van der Waals surface area (Å²) in [5, 5.41) is 23.6. The first kappa shape index (κ1) is 23.8. The zero-order chi connectivity index (χ0) is 24.0. The van der Waals surface area contributed by atoms with Crippen molar-refractivity contribution in [3.63, 3.8) is 0 Å². The molecule has 0 aliphatic carbocycles. The number of ether oxygens (including phenoxy) is 2. The maximum absolute atomic E-state index is 12.3. The number of carbonyl (C=O) groups is 1. The fourth-order valence-electron chi connectivity index (χ4n) is 3.78. The first-order chi connectivity index (χ1) is 15.9. The Labute approximate surface area is 190 Å². The average molecular weight is 458 g/mol. The van der Waals surface area contributed by atoms with Gasteiger partial charge in [-0.1, -0.05) is 25.5 Å². The van der Waals surface area contributed by atoms with Gasteiger partial charge in [-0.3, -0.25) is 20.2 Å². The highest BCUT2D eigenvalue weighted by Gasteiger charge is 2.34. The molecule has 33 heavy (non-hydrogen) atoms. The fourth-order valence-corrected chi connectivity index (χ4v) is 3.78. The van der Waals surface area contributed by atoms with Gasteiger partial charge in [0, 0.05) is 38.3 Å². The molecule has 176 valence electrons. The maximum atomic E-state index is 12.3. The van der Waals surface area contributed by atoms with E-state index in [1.165, 1.54) is 0 Å². The summed E-state index contributed by atoms with van der Waals surface area (Å²) in [5.41, 5.74) is -0.403. The molecule has 1 aliphatic rings. The molecule has 0 unspecified atom stereocenters. The summed E-state index contributed by atoms with van der Waals surface area (Å²) in [4.78, 5) is 38.2. The van der Waals surface area contributed by atoms with Crippen LogP contribution in [0, 0.1) is 20.2 Å². The third kappa shape index (κ3) is 5.30. The van der Waals surface area contributed by atoms with Crippen LogP contribution in [0.3, 0.4) is 0 Å². The van der Waals surface area contributed by atoms with E-state index in [0.29, 0.717) is 38.3 Å². The van der Waals surface area contributed by atoms with Crippen molar-refractivity contribution in [1.82, 2.24) is 0 Å². The van der Waals surface area contributed by atoms with Crippen molar-refractivity contribution in [2.45, 2.75) is 19.8 Å². The molecule has 2 aromatic carbocycles. The van der Waals surface area contributed by atoms with Crippen LogP contribution in [-0.2, 0) is 4.74 Å². The highest BCUT2D eigenvalue weighted by Crippen LogP contribution is 2.40. The highest BCUT2D eigenvalue weighted by molar-refractivity contribution is 5.94. The van der Waals surface area contributed by atoms with Gasteiger partial charge in [0.25, 0.3) is 0 Å². The molecular formula is C22H26N4O7. The number of nitro groups is 2. The lowest BCUT2D eigenvalue weighted by Gasteiger charge is -2.37. The molecule has 3 rings (SSSR count). The number of anilines is 2. The third-order valence-electron chi connectivity index (χ3n) is 5.45. The monoisotopic (exact) mass is 458 g/mol. The Morgan fingerprint density at radius 3 is 2.12 bits per heavy atom. The van der Waals surface area contributed by atoms with Crippen molar-refractivity contribution >= 4 is 28.7 Å². The van der Waals surface area contributed by atoms with Gasteiger partial charge in [-0.05, 0) is 18.6 Å². The molecule has 0 bridgehead atoms. The number of unbranched alkanes of at least 4 members (excludes halogenated alkanes) is 1. The Hall–Kier alpha value is -3.89. The predicted molar refractivity (Wildman–Crippen MR) is 122 cm³/mol. The van der Waals surface area contributed by atoms with Crippen LogP contribution in [0.25, 0.3) is 0 Å². The van der Waals surface area contributed by atoms with Gasteiger partial charge in [-0.2, -0.15) is 0 Å². The van der Waals surface area contributed by atoms with E-state index in [1.807, 2.05) is 31.2 Å². The maximum Gasteiger partial charge on any atom is 0.338 e. The second-order valence-electron chi connectivity index (χ2n) is 7.51. The van der Waals surface area contributed by atoms with Gasteiger partial charge in [-0.15, -0.1) is 0 Å². The van der Waals surface area contributed by atoms with Gasteiger partial charge in [0.15, 0.2) is 5.69 Å². The van der Waals surface area contributed by atoms with Gasteiger partial charge in [0.2, 0.25) is 0 Å². The van der Waals surface area contributed by atoms with Gasteiger partial charge >= 0.3 is 17.3 Å². The smallest absolute Gasteiger partial charge is 0.338 e. The lowest BCUT2D eigenvalue weighted by atomic mass is 10.1. The second-order valence-corrected chi connectivity index (χ2v) is 7.51. The molecular weight excluding hydrogens is 432 g/mol. The molecule has 0 N–H and O–H groups in total. The minimum atomic E-state index is -0.817. The normalized spacial score (nSPS) is 13.5. The number of para-hydroxylation sites is 2. The van der Waals surface area contributed by atoms with Crippen LogP contribution in [0.4, 0.5) is 22.7 Å². The van der Waals surface area contributed by atoms with Crippen molar-refractivity contribution in [3.8, 4) is 5.75 Å². The minimum Gasteiger partial charge on any atom is -0.495 e. The van der Waals surface area contributed by atoms with E-state index >= 15 is 0 Å². The molecule has 11 nitrogen and oxygen atoms in total. The number of methoxy groups -OCH3 is 1. The number of carbonyl (C=O) groups excluding carboxylic acids is 1. The summed E-state index contributed by atoms with van der Waals surface area (Å²) in [6, 6.07) is 9.62. The number of hydrogen-bond donors (Lipinski definition) is 0. The van der Waals surface area contributed by atoms with Crippen LogP contribution in [0.15, 0.2) is 36.4 Å². The van der Waals surface area contributed by atoms with Crippen LogP contribution < -0.4 is 14.5 Å². The Morgan fingerprint density at radius 1 is 1.00 bits per heavy atom. The largest absolute Gasteiger partial charge is 0.495 e. The van der Waals surface area contributed by atoms with E-state index in [-0.39, 0.29) is 17.9 Å². The number of esters is 1. The van der Waals surface area contributed by atoms with Crippen molar-refractivity contribution < 1.29 is 24.1 Å². The van der Waals surface area contributed by atoms with Crippen LogP contribution in [0.2, 0.25) is 0 Å². The molecule has 0 spiro atoms. The zero-order valence-corrected chi connectivity index (χ0v) is 18.6. The number of hydrogen-bond acceptors (Lipinski definition) is 9. The standard InChI is InChI=1S/C22H26N4O7/c1-3-4-13-33-22(27)16-14-18(25(28)29)21(19(15-16)26(30)31)24-11-9-23(10-12-24)17-7-5-6-8-20(17)32-2/h5-8,14-15H,3-4,9-13H2,1-2H3. The van der Waals surface area contributed by atoms with Crippen LogP contribution >= 0.6 is 0 Å². The molecule has 2 aromatic rings. The number of nitro benzene ring substituents is 2. The molecule has 1 aliphatic heterocycles. The number of rotatable bonds is 9. The number of nitrogens with zero attached hydrogens (tertiary/aromatic N) is 4. The van der Waals surface area contributed by atoms with Crippen LogP contribution in [0.5, 0.6) is 5.75 Å². The molecule has 1 fully saturated rings. The quantitative estimate of drug-likeness (QED) is 0.238. The summed E-state index contributed by atoms with van der Waals surface area (Å²) < 4.78 is 10.5. The Kier molecular flexibility index (Phi) is 7.65. The van der Waals surface area contributed by atoms with Crippen molar-refractivity contribution in [2.75, 3.05) is 49.7 Å². The van der Waals surface area contributed by atoms with E-state index in [0.717, 1.165) is 24.2 Å². The van der Waals surface area contributed by atoms with Crippen LogP contribution in [0.1, 0.15) is 30.1 Å². The van der Waals surface area contributed by atoms with E-state index < -0.39 is 27.2 Å². The van der Waals surface area contributed by atoms with Gasteiger partial charge in [-0.25, -0.2) is 4.79 Å². The minimum absolute atomic E-state index is 0.102. The molecule has 0 radical (unpaired) electrons. The van der Waals surface area contributed by atoms with Crippen molar-refractivity contribution in [1.29, 1.82) is 0 Å². The fraction of sp³-hybridized carbons (Fsp3) is 0.409. The molecule has 11 heteroatoms. The Morgan fingerprint density at radius 2 is 1.58 bits per heavy atom. The summed E-state index contributed by atoms with van der Waals surface area (Å²) in [7, 11) is 1.58. The second kappa shape index (κ2) is 10.6. The summed E-state index contributed by atoms with van der Waals surface area (Å²) >= 11 is 0. The molecule has 1 saturated heterocycles. The molecule has 0 amide bonds. The Bertz CT molecular complexity index is 1000. The van der Waals surface area contributed by atoms with Gasteiger partial charge < -0.3 is 19.3 Å². The van der Waals surface area contributed by atoms with Gasteiger partial charge in [0.05, 0.1) is 34.8 Å². The number of benzene rings is 2. The van der Waals surface area contributed by atoms with Gasteiger partial charge in [0.1, 0.15) is 5.75 Å². The van der Waals surface area contributed by atoms with Crippen LogP contribution in [-0.4, -0.2) is 55.7 Å². The molecule has 0 aromatic heterocycles. The zero-order valence-electron chi connectivity index (χ0n) is 18.6. The molecule has 0 saturated carbocycles. The van der Waals surface area contributed by atoms with E-state index in [1.54, 1.807) is 12.0 Å². The molecule has 1 heterocycles.